The molecule has 2 N–H and O–H groups in total. The maximum Gasteiger partial charge on any atom is 0.319 e. The fraction of sp³-hybridized carbons (Fsp3) is 0.188. The number of amides is 2. The number of anilines is 1. The highest BCUT2D eigenvalue weighted by atomic mass is 16.5. The smallest absolute Gasteiger partial charge is 0.319 e. The molecule has 0 aliphatic rings. The lowest BCUT2D eigenvalue weighted by atomic mass is 10.3. The third-order valence-electron chi connectivity index (χ3n) is 3.42. The average molecular weight is 311 g/mol. The average Bonchev–Trinajstić information content (AvgIpc) is 2.99. The van der Waals surface area contributed by atoms with Gasteiger partial charge in [0, 0.05) is 11.9 Å². The van der Waals surface area contributed by atoms with Crippen LogP contribution in [0.25, 0.3) is 5.65 Å². The normalized spacial score (nSPS) is 11.9. The van der Waals surface area contributed by atoms with Crippen molar-refractivity contribution in [1.29, 1.82) is 0 Å². The quantitative estimate of drug-likeness (QED) is 0.776. The van der Waals surface area contributed by atoms with Crippen LogP contribution in [0.2, 0.25) is 0 Å². The second-order valence-corrected chi connectivity index (χ2v) is 5.04. The van der Waals surface area contributed by atoms with Crippen LogP contribution in [0.5, 0.6) is 5.75 Å². The van der Waals surface area contributed by atoms with Crippen molar-refractivity contribution in [2.24, 2.45) is 0 Å². The molecule has 2 aromatic heterocycles. The number of hydrogen-bond donors (Lipinski definition) is 2. The predicted molar refractivity (Wildman–Crippen MR) is 86.6 cm³/mol. The summed E-state index contributed by atoms with van der Waals surface area (Å²) in [6, 6.07) is 12.2. The van der Waals surface area contributed by atoms with Crippen LogP contribution in [0.3, 0.4) is 0 Å². The third-order valence-corrected chi connectivity index (χ3v) is 3.42. The molecule has 3 rings (SSSR count). The number of ether oxygens (including phenoxy) is 1. The molecule has 1 aromatic carbocycles. The van der Waals surface area contributed by atoms with Crippen LogP contribution in [0.1, 0.15) is 18.8 Å². The number of nitrogens with one attached hydrogen (secondary N) is 2. The van der Waals surface area contributed by atoms with Gasteiger partial charge in [-0.1, -0.05) is 6.07 Å². The molecule has 0 aliphatic heterocycles. The number of aromatic nitrogens is 3. The molecule has 0 bridgehead atoms. The monoisotopic (exact) mass is 311 g/mol. The largest absolute Gasteiger partial charge is 0.497 e. The summed E-state index contributed by atoms with van der Waals surface area (Å²) in [5.41, 5.74) is 1.42. The third kappa shape index (κ3) is 3.23. The van der Waals surface area contributed by atoms with Gasteiger partial charge in [-0.3, -0.25) is 4.40 Å². The summed E-state index contributed by atoms with van der Waals surface area (Å²) in [6.45, 7) is 1.86. The first-order valence-electron chi connectivity index (χ1n) is 7.18. The van der Waals surface area contributed by atoms with Gasteiger partial charge in [0.25, 0.3) is 0 Å². The summed E-state index contributed by atoms with van der Waals surface area (Å²) in [5, 5.41) is 13.8. The van der Waals surface area contributed by atoms with E-state index in [1.54, 1.807) is 31.4 Å². The van der Waals surface area contributed by atoms with Crippen molar-refractivity contribution in [3.63, 3.8) is 0 Å². The van der Waals surface area contributed by atoms with E-state index in [0.29, 0.717) is 11.5 Å². The number of hydrogen-bond acceptors (Lipinski definition) is 4. The van der Waals surface area contributed by atoms with E-state index in [-0.39, 0.29) is 12.1 Å². The Morgan fingerprint density at radius 2 is 1.96 bits per heavy atom. The van der Waals surface area contributed by atoms with Crippen molar-refractivity contribution in [3.8, 4) is 5.75 Å². The highest BCUT2D eigenvalue weighted by Gasteiger charge is 2.15. The van der Waals surface area contributed by atoms with Gasteiger partial charge in [-0.2, -0.15) is 0 Å². The van der Waals surface area contributed by atoms with Crippen LogP contribution in [0, 0.1) is 0 Å². The minimum Gasteiger partial charge on any atom is -0.497 e. The van der Waals surface area contributed by atoms with Gasteiger partial charge in [-0.25, -0.2) is 4.79 Å². The van der Waals surface area contributed by atoms with Gasteiger partial charge in [0.1, 0.15) is 5.75 Å². The number of urea groups is 1. The van der Waals surface area contributed by atoms with Crippen LogP contribution in [0.15, 0.2) is 48.7 Å². The molecular weight excluding hydrogens is 294 g/mol. The highest BCUT2D eigenvalue weighted by molar-refractivity contribution is 5.89. The van der Waals surface area contributed by atoms with E-state index in [1.165, 1.54) is 0 Å². The molecule has 23 heavy (non-hydrogen) atoms. The van der Waals surface area contributed by atoms with Crippen LogP contribution in [0.4, 0.5) is 10.5 Å². The molecule has 0 saturated carbocycles. The molecule has 2 heterocycles. The molecule has 7 nitrogen and oxygen atoms in total. The molecule has 1 unspecified atom stereocenters. The van der Waals surface area contributed by atoms with Gasteiger partial charge in [0.2, 0.25) is 0 Å². The first kappa shape index (κ1) is 14.8. The maximum atomic E-state index is 12.1. The predicted octanol–water partition coefficient (Wildman–Crippen LogP) is 2.62. The lowest BCUT2D eigenvalue weighted by molar-refractivity contribution is 0.249. The van der Waals surface area contributed by atoms with Crippen LogP contribution in [-0.4, -0.2) is 27.7 Å². The zero-order valence-electron chi connectivity index (χ0n) is 12.9. The standard InChI is InChI=1S/C16H17N5O2/c1-11(15-20-19-14-5-3-4-10-21(14)15)17-16(22)18-12-6-8-13(23-2)9-7-12/h3-11H,1-2H3,(H2,17,18,22). The van der Waals surface area contributed by atoms with E-state index in [4.69, 9.17) is 4.74 Å². The maximum absolute atomic E-state index is 12.1. The van der Waals surface area contributed by atoms with E-state index in [1.807, 2.05) is 35.7 Å². The van der Waals surface area contributed by atoms with E-state index >= 15 is 0 Å². The molecule has 118 valence electrons. The van der Waals surface area contributed by atoms with Crippen LogP contribution in [-0.2, 0) is 0 Å². The zero-order valence-corrected chi connectivity index (χ0v) is 12.9. The van der Waals surface area contributed by atoms with Crippen molar-refractivity contribution < 1.29 is 9.53 Å². The molecule has 0 spiro atoms. The minimum atomic E-state index is -0.310. The Morgan fingerprint density at radius 1 is 1.17 bits per heavy atom. The lowest BCUT2D eigenvalue weighted by Gasteiger charge is -2.13. The Balaban J connectivity index is 1.67. The van der Waals surface area contributed by atoms with E-state index in [2.05, 4.69) is 20.8 Å². The van der Waals surface area contributed by atoms with Crippen LogP contribution < -0.4 is 15.4 Å². The van der Waals surface area contributed by atoms with Crippen molar-refractivity contribution in [2.45, 2.75) is 13.0 Å². The lowest BCUT2D eigenvalue weighted by Crippen LogP contribution is -2.32. The van der Waals surface area contributed by atoms with Gasteiger partial charge in [-0.15, -0.1) is 10.2 Å². The molecule has 7 heteroatoms. The second kappa shape index (κ2) is 6.35. The number of carbonyl (C=O) groups excluding carboxylic acids is 1. The fourth-order valence-electron chi connectivity index (χ4n) is 2.26. The van der Waals surface area contributed by atoms with Gasteiger partial charge >= 0.3 is 6.03 Å². The van der Waals surface area contributed by atoms with E-state index < -0.39 is 0 Å². The van der Waals surface area contributed by atoms with Gasteiger partial charge < -0.3 is 15.4 Å². The van der Waals surface area contributed by atoms with E-state index in [0.717, 1.165) is 11.4 Å². The number of pyridine rings is 1. The molecule has 3 aromatic rings. The molecule has 0 saturated heterocycles. The number of rotatable bonds is 4. The van der Waals surface area contributed by atoms with Gasteiger partial charge in [0.05, 0.1) is 13.2 Å². The van der Waals surface area contributed by atoms with Gasteiger partial charge in [0.15, 0.2) is 11.5 Å². The summed E-state index contributed by atoms with van der Waals surface area (Å²) in [7, 11) is 1.60. The Labute approximate surface area is 133 Å². The SMILES string of the molecule is COc1ccc(NC(=O)NC(C)c2nnc3ccccn23)cc1. The van der Waals surface area contributed by atoms with Crippen molar-refractivity contribution in [1.82, 2.24) is 19.9 Å². The first-order valence-corrected chi connectivity index (χ1v) is 7.18. The fourth-order valence-corrected chi connectivity index (χ4v) is 2.26. The Hall–Kier alpha value is -3.09. The summed E-state index contributed by atoms with van der Waals surface area (Å²) in [5.74, 6) is 1.41. The molecule has 0 aliphatic carbocycles. The zero-order chi connectivity index (χ0) is 16.2. The summed E-state index contributed by atoms with van der Waals surface area (Å²) in [6.07, 6.45) is 1.87. The number of fused-ring (bicyclic) bond motifs is 1. The first-order chi connectivity index (χ1) is 11.2. The molecule has 1 atom stereocenters. The molecular formula is C16H17N5O2. The van der Waals surface area contributed by atoms with Crippen molar-refractivity contribution >= 4 is 17.4 Å². The van der Waals surface area contributed by atoms with Crippen molar-refractivity contribution in [3.05, 3.63) is 54.5 Å². The number of carbonyl (C=O) groups is 1. The minimum absolute atomic E-state index is 0.286. The second-order valence-electron chi connectivity index (χ2n) is 5.04. The Kier molecular flexibility index (Phi) is 4.09. The molecule has 0 fully saturated rings. The number of benzene rings is 1. The van der Waals surface area contributed by atoms with Gasteiger partial charge in [-0.05, 0) is 43.3 Å². The Bertz CT molecular complexity index is 813. The number of nitrogens with zero attached hydrogens (tertiary/aromatic N) is 3. The van der Waals surface area contributed by atoms with E-state index in [9.17, 15) is 4.79 Å². The number of methoxy groups -OCH3 is 1. The van der Waals surface area contributed by atoms with Crippen LogP contribution >= 0.6 is 0 Å². The van der Waals surface area contributed by atoms with Crippen molar-refractivity contribution in [2.75, 3.05) is 12.4 Å². The Morgan fingerprint density at radius 3 is 2.70 bits per heavy atom. The summed E-state index contributed by atoms with van der Waals surface area (Å²) in [4.78, 5) is 12.1. The molecule has 0 radical (unpaired) electrons. The topological polar surface area (TPSA) is 80.5 Å². The summed E-state index contributed by atoms with van der Waals surface area (Å²) >= 11 is 0. The summed E-state index contributed by atoms with van der Waals surface area (Å²) < 4.78 is 6.93. The highest BCUT2D eigenvalue weighted by Crippen LogP contribution is 2.16. The molecule has 2 amide bonds.